The van der Waals surface area contributed by atoms with Crippen molar-refractivity contribution in [3.8, 4) is 0 Å². The first-order chi connectivity index (χ1) is 7.47. The average Bonchev–Trinajstić information content (AvgIpc) is 2.24. The summed E-state index contributed by atoms with van der Waals surface area (Å²) < 4.78 is 0. The molecular weight excluding hydrogens is 212 g/mol. The summed E-state index contributed by atoms with van der Waals surface area (Å²) in [6.07, 6.45) is 5.15. The fourth-order valence-electron chi connectivity index (χ4n) is 1.13. The molecule has 1 nitrogen and oxygen atoms in total. The predicted molar refractivity (Wildman–Crippen MR) is 73.0 cm³/mol. The molecule has 0 atom stereocenters. The Morgan fingerprint density at radius 1 is 1.06 bits per heavy atom. The lowest BCUT2D eigenvalue weighted by molar-refractivity contribution is -0.110. The van der Waals surface area contributed by atoms with Crippen molar-refractivity contribution in [2.75, 3.05) is 0 Å². The highest BCUT2D eigenvalue weighted by atomic mass is 28.3. The minimum Gasteiger partial charge on any atom is -0.290 e. The number of carbonyl (C=O) groups excluding carboxylic acids is 1. The molecule has 16 heavy (non-hydrogen) atoms. The molecule has 2 heteroatoms. The van der Waals surface area contributed by atoms with Gasteiger partial charge in [-0.05, 0) is 17.7 Å². The van der Waals surface area contributed by atoms with E-state index in [1.807, 2.05) is 36.4 Å². The van der Waals surface area contributed by atoms with Crippen molar-refractivity contribution in [2.45, 2.75) is 19.6 Å². The standard InChI is InChI=1S/C14H18OSi/c1-16(2,3)12-11-14(15)10-9-13-7-5-4-6-8-13/h4-12H,1-3H3. The lowest BCUT2D eigenvalue weighted by atomic mass is 10.2. The summed E-state index contributed by atoms with van der Waals surface area (Å²) in [7, 11) is -1.26. The lowest BCUT2D eigenvalue weighted by Crippen LogP contribution is -2.15. The maximum Gasteiger partial charge on any atom is 0.177 e. The monoisotopic (exact) mass is 230 g/mol. The van der Waals surface area contributed by atoms with E-state index in [0.717, 1.165) is 5.56 Å². The second kappa shape index (κ2) is 5.61. The highest BCUT2D eigenvalue weighted by Crippen LogP contribution is 2.03. The van der Waals surface area contributed by atoms with E-state index in [0.29, 0.717) is 0 Å². The number of ketones is 1. The lowest BCUT2D eigenvalue weighted by Gasteiger charge is -2.06. The first-order valence-electron chi connectivity index (χ1n) is 5.44. The summed E-state index contributed by atoms with van der Waals surface area (Å²) in [5.74, 6) is 0.0614. The van der Waals surface area contributed by atoms with Crippen LogP contribution in [-0.2, 0) is 4.79 Å². The summed E-state index contributed by atoms with van der Waals surface area (Å²) >= 11 is 0. The Bertz CT molecular complexity index is 396. The molecule has 1 aromatic carbocycles. The topological polar surface area (TPSA) is 17.1 Å². The molecule has 1 rings (SSSR count). The van der Waals surface area contributed by atoms with Gasteiger partial charge in [-0.3, -0.25) is 4.79 Å². The van der Waals surface area contributed by atoms with Crippen LogP contribution in [0.15, 0.2) is 48.2 Å². The summed E-state index contributed by atoms with van der Waals surface area (Å²) in [5.41, 5.74) is 3.11. The summed E-state index contributed by atoms with van der Waals surface area (Å²) in [6.45, 7) is 6.62. The third-order valence-corrected chi connectivity index (χ3v) is 3.15. The molecular formula is C14H18OSi. The maximum absolute atomic E-state index is 11.5. The fraction of sp³-hybridized carbons (Fsp3) is 0.214. The third kappa shape index (κ3) is 5.46. The molecule has 0 fully saturated rings. The van der Waals surface area contributed by atoms with Gasteiger partial charge in [-0.25, -0.2) is 0 Å². The Morgan fingerprint density at radius 2 is 1.69 bits per heavy atom. The number of hydrogen-bond donors (Lipinski definition) is 0. The predicted octanol–water partition coefficient (Wildman–Crippen LogP) is 3.70. The molecule has 0 N–H and O–H groups in total. The second-order valence-corrected chi connectivity index (χ2v) is 9.91. The van der Waals surface area contributed by atoms with Crippen molar-refractivity contribution in [1.82, 2.24) is 0 Å². The highest BCUT2D eigenvalue weighted by Gasteiger charge is 2.07. The van der Waals surface area contributed by atoms with Crippen LogP contribution in [0.5, 0.6) is 0 Å². The first-order valence-corrected chi connectivity index (χ1v) is 9.01. The maximum atomic E-state index is 11.5. The van der Waals surface area contributed by atoms with E-state index in [2.05, 4.69) is 25.3 Å². The van der Waals surface area contributed by atoms with Crippen LogP contribution < -0.4 is 0 Å². The Morgan fingerprint density at radius 3 is 2.25 bits per heavy atom. The van der Waals surface area contributed by atoms with Gasteiger partial charge in [0.2, 0.25) is 0 Å². The minimum atomic E-state index is -1.26. The summed E-state index contributed by atoms with van der Waals surface area (Å²) in [4.78, 5) is 11.5. The van der Waals surface area contributed by atoms with Gasteiger partial charge in [0.15, 0.2) is 5.78 Å². The third-order valence-electron chi connectivity index (χ3n) is 1.99. The van der Waals surface area contributed by atoms with Crippen LogP contribution in [0, 0.1) is 0 Å². The van der Waals surface area contributed by atoms with Gasteiger partial charge in [-0.2, -0.15) is 0 Å². The second-order valence-electron chi connectivity index (χ2n) is 4.85. The smallest absolute Gasteiger partial charge is 0.177 e. The number of rotatable bonds is 4. The van der Waals surface area contributed by atoms with E-state index < -0.39 is 8.07 Å². The molecule has 0 aliphatic carbocycles. The van der Waals surface area contributed by atoms with Crippen LogP contribution in [0.4, 0.5) is 0 Å². The molecule has 84 valence electrons. The molecule has 0 heterocycles. The van der Waals surface area contributed by atoms with Crippen molar-refractivity contribution >= 4 is 19.9 Å². The van der Waals surface area contributed by atoms with Crippen LogP contribution in [-0.4, -0.2) is 13.9 Å². The van der Waals surface area contributed by atoms with Crippen molar-refractivity contribution in [3.05, 3.63) is 53.7 Å². The quantitative estimate of drug-likeness (QED) is 0.569. The van der Waals surface area contributed by atoms with E-state index in [9.17, 15) is 4.79 Å². The van der Waals surface area contributed by atoms with E-state index >= 15 is 0 Å². The number of benzene rings is 1. The van der Waals surface area contributed by atoms with Crippen molar-refractivity contribution in [1.29, 1.82) is 0 Å². The van der Waals surface area contributed by atoms with Gasteiger partial charge in [0.25, 0.3) is 0 Å². The molecule has 0 aliphatic rings. The zero-order valence-electron chi connectivity index (χ0n) is 10.1. The molecule has 0 unspecified atom stereocenters. The van der Waals surface area contributed by atoms with Gasteiger partial charge in [-0.1, -0.05) is 61.7 Å². The SMILES string of the molecule is C[Si](C)(C)C=CC(=O)C=Cc1ccccc1. The molecule has 0 radical (unpaired) electrons. The largest absolute Gasteiger partial charge is 0.290 e. The van der Waals surface area contributed by atoms with E-state index in [-0.39, 0.29) is 5.78 Å². The number of hydrogen-bond acceptors (Lipinski definition) is 1. The van der Waals surface area contributed by atoms with Crippen LogP contribution in [0.2, 0.25) is 19.6 Å². The van der Waals surface area contributed by atoms with E-state index in [1.165, 1.54) is 0 Å². The van der Waals surface area contributed by atoms with Crippen LogP contribution in [0.3, 0.4) is 0 Å². The van der Waals surface area contributed by atoms with Gasteiger partial charge in [0.05, 0.1) is 8.07 Å². The van der Waals surface area contributed by atoms with Crippen LogP contribution in [0.1, 0.15) is 5.56 Å². The Kier molecular flexibility index (Phi) is 4.44. The number of carbonyl (C=O) groups is 1. The van der Waals surface area contributed by atoms with Gasteiger partial charge in [0, 0.05) is 0 Å². The van der Waals surface area contributed by atoms with Crippen molar-refractivity contribution < 1.29 is 4.79 Å². The Balaban J connectivity index is 2.59. The van der Waals surface area contributed by atoms with Gasteiger partial charge in [-0.15, -0.1) is 0 Å². The van der Waals surface area contributed by atoms with Crippen LogP contribution >= 0.6 is 0 Å². The van der Waals surface area contributed by atoms with Gasteiger partial charge < -0.3 is 0 Å². The first kappa shape index (κ1) is 12.7. The Hall–Kier alpha value is -1.41. The Labute approximate surface area is 98.5 Å². The number of allylic oxidation sites excluding steroid dienone is 2. The van der Waals surface area contributed by atoms with E-state index in [4.69, 9.17) is 0 Å². The van der Waals surface area contributed by atoms with Crippen molar-refractivity contribution in [3.63, 3.8) is 0 Å². The van der Waals surface area contributed by atoms with Gasteiger partial charge in [0.1, 0.15) is 0 Å². The molecule has 0 saturated heterocycles. The molecule has 0 aromatic heterocycles. The molecule has 0 aliphatic heterocycles. The summed E-state index contributed by atoms with van der Waals surface area (Å²) in [6, 6.07) is 9.84. The zero-order valence-corrected chi connectivity index (χ0v) is 11.1. The van der Waals surface area contributed by atoms with Gasteiger partial charge >= 0.3 is 0 Å². The van der Waals surface area contributed by atoms with Crippen molar-refractivity contribution in [2.24, 2.45) is 0 Å². The normalized spacial score (nSPS) is 12.4. The molecule has 1 aromatic rings. The van der Waals surface area contributed by atoms with E-state index in [1.54, 1.807) is 12.2 Å². The molecule has 0 spiro atoms. The fourth-order valence-corrected chi connectivity index (χ4v) is 1.79. The minimum absolute atomic E-state index is 0.0614. The zero-order chi connectivity index (χ0) is 12.0. The molecule has 0 saturated carbocycles. The average molecular weight is 230 g/mol. The molecule has 0 amide bonds. The molecule has 0 bridgehead atoms. The van der Waals surface area contributed by atoms with Crippen LogP contribution in [0.25, 0.3) is 6.08 Å². The highest BCUT2D eigenvalue weighted by molar-refractivity contribution is 6.81. The summed E-state index contributed by atoms with van der Waals surface area (Å²) in [5, 5.41) is 0.